The summed E-state index contributed by atoms with van der Waals surface area (Å²) < 4.78 is 7.28. The maximum absolute atomic E-state index is 12.3. The fourth-order valence-corrected chi connectivity index (χ4v) is 2.21. The highest BCUT2D eigenvalue weighted by atomic mass is 16.5. The number of rotatable bonds is 3. The third-order valence-electron chi connectivity index (χ3n) is 3.55. The van der Waals surface area contributed by atoms with Gasteiger partial charge < -0.3 is 15.0 Å². The Bertz CT molecular complexity index is 513. The number of morpholine rings is 1. The molecule has 0 aliphatic carbocycles. The molecule has 0 unspecified atom stereocenters. The van der Waals surface area contributed by atoms with E-state index >= 15 is 0 Å². The minimum Gasteiger partial charge on any atom is -0.362 e. The van der Waals surface area contributed by atoms with E-state index in [2.05, 4.69) is 10.4 Å². The molecular formula is C13H20N4O3. The molecule has 2 rings (SSSR count). The average molecular weight is 280 g/mol. The third-order valence-corrected chi connectivity index (χ3v) is 3.55. The van der Waals surface area contributed by atoms with Gasteiger partial charge in [-0.1, -0.05) is 0 Å². The van der Waals surface area contributed by atoms with Crippen molar-refractivity contribution in [1.82, 2.24) is 20.0 Å². The first-order valence-corrected chi connectivity index (χ1v) is 6.57. The molecule has 0 radical (unpaired) electrons. The van der Waals surface area contributed by atoms with Crippen molar-refractivity contribution in [3.05, 3.63) is 18.0 Å². The van der Waals surface area contributed by atoms with Crippen molar-refractivity contribution in [2.24, 2.45) is 7.05 Å². The summed E-state index contributed by atoms with van der Waals surface area (Å²) in [6.07, 6.45) is 1.68. The van der Waals surface area contributed by atoms with Crippen LogP contribution in [-0.4, -0.2) is 51.8 Å². The molecule has 1 atom stereocenters. The highest BCUT2D eigenvalue weighted by Crippen LogP contribution is 2.18. The van der Waals surface area contributed by atoms with Crippen LogP contribution in [0.15, 0.2) is 12.3 Å². The van der Waals surface area contributed by atoms with Gasteiger partial charge in [0.25, 0.3) is 5.91 Å². The minimum atomic E-state index is -0.998. The fraction of sp³-hybridized carbons (Fsp3) is 0.615. The van der Waals surface area contributed by atoms with E-state index in [0.717, 1.165) is 5.69 Å². The molecule has 7 nitrogen and oxygen atoms in total. The van der Waals surface area contributed by atoms with Crippen LogP contribution in [0.5, 0.6) is 0 Å². The summed E-state index contributed by atoms with van der Waals surface area (Å²) in [5, 5.41) is 6.87. The summed E-state index contributed by atoms with van der Waals surface area (Å²) in [6, 6.07) is 1.84. The van der Waals surface area contributed by atoms with Gasteiger partial charge in [-0.05, 0) is 13.0 Å². The zero-order chi connectivity index (χ0) is 14.8. The second-order valence-electron chi connectivity index (χ2n) is 5.15. The predicted octanol–water partition coefficient (Wildman–Crippen LogP) is -0.326. The number of nitrogens with one attached hydrogen (secondary N) is 1. The second-order valence-corrected chi connectivity index (χ2v) is 5.15. The first-order chi connectivity index (χ1) is 9.42. The summed E-state index contributed by atoms with van der Waals surface area (Å²) >= 11 is 0. The summed E-state index contributed by atoms with van der Waals surface area (Å²) in [5.74, 6) is -0.261. The Labute approximate surface area is 117 Å². The highest BCUT2D eigenvalue weighted by Gasteiger charge is 2.39. The van der Waals surface area contributed by atoms with Crippen LogP contribution in [0, 0.1) is 0 Å². The average Bonchev–Trinajstić information content (AvgIpc) is 2.81. The molecule has 110 valence electrons. The van der Waals surface area contributed by atoms with Crippen LogP contribution in [0.1, 0.15) is 19.5 Å². The van der Waals surface area contributed by atoms with E-state index in [4.69, 9.17) is 4.74 Å². The lowest BCUT2D eigenvalue weighted by atomic mass is 10.0. The monoisotopic (exact) mass is 280 g/mol. The molecule has 1 aromatic rings. The number of carbonyl (C=O) groups is 2. The minimum absolute atomic E-state index is 0.0426. The lowest BCUT2D eigenvalue weighted by Gasteiger charge is -2.38. The topological polar surface area (TPSA) is 76.5 Å². The van der Waals surface area contributed by atoms with Gasteiger partial charge in [0.05, 0.1) is 25.4 Å². The predicted molar refractivity (Wildman–Crippen MR) is 71.7 cm³/mol. The van der Waals surface area contributed by atoms with Gasteiger partial charge in [-0.3, -0.25) is 14.3 Å². The maximum atomic E-state index is 12.3. The number of hydrogen-bond donors (Lipinski definition) is 1. The quantitative estimate of drug-likeness (QED) is 0.823. The van der Waals surface area contributed by atoms with Gasteiger partial charge in [0.1, 0.15) is 0 Å². The Morgan fingerprint density at radius 1 is 1.55 bits per heavy atom. The summed E-state index contributed by atoms with van der Waals surface area (Å²) in [6.45, 7) is 4.77. The SMILES string of the molecule is CC(=O)N1CCO[C@@](C)(C(=O)NCc2ccnn2C)C1. The number of aromatic nitrogens is 2. The molecule has 1 aliphatic rings. The van der Waals surface area contributed by atoms with Gasteiger partial charge in [-0.15, -0.1) is 0 Å². The van der Waals surface area contributed by atoms with Gasteiger partial charge in [-0.2, -0.15) is 5.10 Å². The van der Waals surface area contributed by atoms with Gasteiger partial charge in [0.15, 0.2) is 5.60 Å². The van der Waals surface area contributed by atoms with Gasteiger partial charge in [0.2, 0.25) is 5.91 Å². The van der Waals surface area contributed by atoms with E-state index < -0.39 is 5.60 Å². The molecule has 2 amide bonds. The number of carbonyl (C=O) groups excluding carboxylic acids is 2. The van der Waals surface area contributed by atoms with Crippen LogP contribution in [0.3, 0.4) is 0 Å². The normalized spacial score (nSPS) is 22.6. The molecule has 0 bridgehead atoms. The fourth-order valence-electron chi connectivity index (χ4n) is 2.21. The van der Waals surface area contributed by atoms with Crippen molar-refractivity contribution in [2.45, 2.75) is 26.0 Å². The van der Waals surface area contributed by atoms with Crippen LogP contribution in [0.25, 0.3) is 0 Å². The van der Waals surface area contributed by atoms with Gasteiger partial charge in [-0.25, -0.2) is 0 Å². The molecule has 1 saturated heterocycles. The van der Waals surface area contributed by atoms with E-state index in [9.17, 15) is 9.59 Å². The molecule has 1 aliphatic heterocycles. The Morgan fingerprint density at radius 2 is 2.30 bits per heavy atom. The molecule has 0 aromatic carbocycles. The van der Waals surface area contributed by atoms with Crippen molar-refractivity contribution in [3.8, 4) is 0 Å². The first-order valence-electron chi connectivity index (χ1n) is 6.57. The number of nitrogens with zero attached hydrogens (tertiary/aromatic N) is 3. The van der Waals surface area contributed by atoms with E-state index in [1.807, 2.05) is 13.1 Å². The van der Waals surface area contributed by atoms with Crippen molar-refractivity contribution in [3.63, 3.8) is 0 Å². The summed E-state index contributed by atoms with van der Waals surface area (Å²) in [4.78, 5) is 25.3. The first kappa shape index (κ1) is 14.5. The zero-order valence-corrected chi connectivity index (χ0v) is 12.0. The molecular weight excluding hydrogens is 260 g/mol. The molecule has 0 saturated carbocycles. The third kappa shape index (κ3) is 2.98. The molecule has 1 fully saturated rings. The van der Waals surface area contributed by atoms with E-state index in [1.165, 1.54) is 6.92 Å². The number of aryl methyl sites for hydroxylation is 1. The maximum Gasteiger partial charge on any atom is 0.254 e. The van der Waals surface area contributed by atoms with Crippen LogP contribution in [0.4, 0.5) is 0 Å². The number of amides is 2. The lowest BCUT2D eigenvalue weighted by molar-refractivity contribution is -0.162. The number of ether oxygens (including phenoxy) is 1. The Hall–Kier alpha value is -1.89. The van der Waals surface area contributed by atoms with E-state index in [0.29, 0.717) is 19.7 Å². The zero-order valence-electron chi connectivity index (χ0n) is 12.0. The highest BCUT2D eigenvalue weighted by molar-refractivity contribution is 5.86. The number of hydrogen-bond acceptors (Lipinski definition) is 4. The van der Waals surface area contributed by atoms with Gasteiger partial charge in [0, 0.05) is 26.7 Å². The van der Waals surface area contributed by atoms with Crippen molar-refractivity contribution >= 4 is 11.8 Å². The van der Waals surface area contributed by atoms with Crippen LogP contribution >= 0.6 is 0 Å². The van der Waals surface area contributed by atoms with Crippen molar-refractivity contribution < 1.29 is 14.3 Å². The Kier molecular flexibility index (Phi) is 4.08. The van der Waals surface area contributed by atoms with Crippen molar-refractivity contribution in [1.29, 1.82) is 0 Å². The lowest BCUT2D eigenvalue weighted by Crippen LogP contribution is -2.58. The second kappa shape index (κ2) is 5.62. The van der Waals surface area contributed by atoms with E-state index in [1.54, 1.807) is 22.7 Å². The molecule has 0 spiro atoms. The van der Waals surface area contributed by atoms with Crippen LogP contribution < -0.4 is 5.32 Å². The van der Waals surface area contributed by atoms with Crippen LogP contribution in [-0.2, 0) is 27.9 Å². The Morgan fingerprint density at radius 3 is 2.90 bits per heavy atom. The van der Waals surface area contributed by atoms with Crippen molar-refractivity contribution in [2.75, 3.05) is 19.7 Å². The molecule has 20 heavy (non-hydrogen) atoms. The van der Waals surface area contributed by atoms with Crippen LogP contribution in [0.2, 0.25) is 0 Å². The summed E-state index contributed by atoms with van der Waals surface area (Å²) in [7, 11) is 1.82. The Balaban J connectivity index is 1.97. The largest absolute Gasteiger partial charge is 0.362 e. The van der Waals surface area contributed by atoms with E-state index in [-0.39, 0.29) is 18.4 Å². The van der Waals surface area contributed by atoms with Gasteiger partial charge >= 0.3 is 0 Å². The molecule has 7 heteroatoms. The standard InChI is InChI=1S/C13H20N4O3/c1-10(18)17-6-7-20-13(2,9-17)12(19)14-8-11-4-5-15-16(11)3/h4-5H,6-9H2,1-3H3,(H,14,19)/t13-/m1/s1. The molecule has 2 heterocycles. The molecule has 1 aromatic heterocycles. The molecule has 1 N–H and O–H groups in total. The smallest absolute Gasteiger partial charge is 0.254 e. The summed E-state index contributed by atoms with van der Waals surface area (Å²) in [5.41, 5.74) is -0.0936.